The second-order valence-corrected chi connectivity index (χ2v) is 4.23. The third-order valence-corrected chi connectivity index (χ3v) is 2.68. The summed E-state index contributed by atoms with van der Waals surface area (Å²) in [6.45, 7) is 4.66. The number of halogens is 1. The minimum Gasteiger partial charge on any atom is -0.395 e. The zero-order valence-electron chi connectivity index (χ0n) is 10.1. The maximum absolute atomic E-state index is 12.1. The molecule has 94 valence electrons. The average Bonchev–Trinajstić information content (AvgIpc) is 2.28. The van der Waals surface area contributed by atoms with Crippen LogP contribution in [-0.2, 0) is 0 Å². The topological polar surface area (TPSA) is 53.4 Å². The number of carbonyl (C=O) groups is 1. The third kappa shape index (κ3) is 3.68. The van der Waals surface area contributed by atoms with Crippen molar-refractivity contribution in [3.05, 3.63) is 28.5 Å². The van der Waals surface area contributed by atoms with Gasteiger partial charge in [0, 0.05) is 25.0 Å². The van der Waals surface area contributed by atoms with Crippen molar-refractivity contribution < 1.29 is 9.90 Å². The summed E-state index contributed by atoms with van der Waals surface area (Å²) in [5.74, 6) is -0.182. The van der Waals surface area contributed by atoms with E-state index < -0.39 is 0 Å². The van der Waals surface area contributed by atoms with Crippen LogP contribution in [0.3, 0.4) is 0 Å². The molecule has 1 N–H and O–H groups in total. The smallest absolute Gasteiger partial charge is 0.257 e. The third-order valence-electron chi connectivity index (χ3n) is 2.37. The molecule has 1 aromatic heterocycles. The number of aliphatic hydroxyl groups excluding tert-OH is 1. The highest BCUT2D eigenvalue weighted by Crippen LogP contribution is 2.17. The lowest BCUT2D eigenvalue weighted by molar-refractivity contribution is 0.0721. The Morgan fingerprint density at radius 2 is 2.24 bits per heavy atom. The number of hydrogen-bond donors (Lipinski definition) is 1. The van der Waals surface area contributed by atoms with Gasteiger partial charge in [-0.3, -0.25) is 9.78 Å². The van der Waals surface area contributed by atoms with E-state index in [2.05, 4.69) is 4.98 Å². The van der Waals surface area contributed by atoms with Crippen LogP contribution in [0.2, 0.25) is 5.02 Å². The van der Waals surface area contributed by atoms with Crippen molar-refractivity contribution in [1.29, 1.82) is 0 Å². The first-order valence-corrected chi connectivity index (χ1v) is 6.00. The zero-order chi connectivity index (χ0) is 12.8. The van der Waals surface area contributed by atoms with Crippen molar-refractivity contribution in [2.24, 2.45) is 0 Å². The van der Waals surface area contributed by atoms with Crippen LogP contribution in [0.25, 0.3) is 0 Å². The number of nitrogens with zero attached hydrogens (tertiary/aromatic N) is 2. The highest BCUT2D eigenvalue weighted by atomic mass is 35.5. The number of pyridine rings is 1. The molecular weight excluding hydrogens is 240 g/mol. The van der Waals surface area contributed by atoms with Gasteiger partial charge in [-0.2, -0.15) is 0 Å². The van der Waals surface area contributed by atoms with Gasteiger partial charge < -0.3 is 10.0 Å². The lowest BCUT2D eigenvalue weighted by atomic mass is 10.2. The Morgan fingerprint density at radius 1 is 1.53 bits per heavy atom. The molecule has 0 saturated heterocycles. The number of aryl methyl sites for hydroxylation is 1. The first-order chi connectivity index (χ1) is 8.10. The Balaban J connectivity index is 2.92. The molecule has 1 amide bonds. The molecule has 1 heterocycles. The van der Waals surface area contributed by atoms with Crippen molar-refractivity contribution in [1.82, 2.24) is 9.88 Å². The Morgan fingerprint density at radius 3 is 2.76 bits per heavy atom. The maximum Gasteiger partial charge on any atom is 0.257 e. The molecule has 0 radical (unpaired) electrons. The number of amides is 1. The van der Waals surface area contributed by atoms with E-state index in [0.717, 1.165) is 12.1 Å². The highest BCUT2D eigenvalue weighted by Gasteiger charge is 2.17. The lowest BCUT2D eigenvalue weighted by Crippen LogP contribution is -2.34. The molecule has 0 spiro atoms. The SMILES string of the molecule is CCCN(CCO)C(=O)c1cnc(C)cc1Cl. The summed E-state index contributed by atoms with van der Waals surface area (Å²) >= 11 is 6.02. The predicted molar refractivity (Wildman–Crippen MR) is 67.3 cm³/mol. The zero-order valence-corrected chi connectivity index (χ0v) is 10.9. The van der Waals surface area contributed by atoms with Gasteiger partial charge in [-0.15, -0.1) is 0 Å². The number of hydrogen-bond acceptors (Lipinski definition) is 3. The van der Waals surface area contributed by atoms with Crippen LogP contribution in [0.4, 0.5) is 0 Å². The largest absolute Gasteiger partial charge is 0.395 e. The summed E-state index contributed by atoms with van der Waals surface area (Å²) in [5, 5.41) is 9.33. The van der Waals surface area contributed by atoms with Crippen LogP contribution in [0.15, 0.2) is 12.3 Å². The summed E-state index contributed by atoms with van der Waals surface area (Å²) in [7, 11) is 0. The molecule has 0 bridgehead atoms. The molecule has 0 atom stereocenters. The van der Waals surface area contributed by atoms with Crippen molar-refractivity contribution in [3.8, 4) is 0 Å². The molecule has 5 heteroatoms. The van der Waals surface area contributed by atoms with Crippen LogP contribution in [0.1, 0.15) is 29.4 Å². The van der Waals surface area contributed by atoms with Gasteiger partial charge >= 0.3 is 0 Å². The van der Waals surface area contributed by atoms with Gasteiger partial charge in [0.15, 0.2) is 0 Å². The van der Waals surface area contributed by atoms with Gasteiger partial charge in [0.1, 0.15) is 0 Å². The molecule has 17 heavy (non-hydrogen) atoms. The minimum atomic E-state index is -0.182. The van der Waals surface area contributed by atoms with Gasteiger partial charge in [-0.05, 0) is 19.4 Å². The van der Waals surface area contributed by atoms with E-state index in [-0.39, 0.29) is 12.5 Å². The molecule has 0 aliphatic rings. The van der Waals surface area contributed by atoms with Gasteiger partial charge in [0.05, 0.1) is 17.2 Å². The average molecular weight is 257 g/mol. The van der Waals surface area contributed by atoms with Crippen molar-refractivity contribution in [3.63, 3.8) is 0 Å². The standard InChI is InChI=1S/C12H17ClN2O2/c1-3-4-15(5-6-16)12(17)10-8-14-9(2)7-11(10)13/h7-8,16H,3-6H2,1-2H3. The predicted octanol–water partition coefficient (Wildman–Crippen LogP) is 1.89. The molecular formula is C12H17ClN2O2. The molecule has 0 saturated carbocycles. The minimum absolute atomic E-state index is 0.0529. The Kier molecular flexibility index (Phi) is 5.38. The summed E-state index contributed by atoms with van der Waals surface area (Å²) in [6.07, 6.45) is 2.32. The van der Waals surface area contributed by atoms with Gasteiger partial charge in [-0.1, -0.05) is 18.5 Å². The summed E-state index contributed by atoms with van der Waals surface area (Å²) < 4.78 is 0. The van der Waals surface area contributed by atoms with Crippen LogP contribution in [-0.4, -0.2) is 40.6 Å². The fraction of sp³-hybridized carbons (Fsp3) is 0.500. The number of aromatic nitrogens is 1. The Labute approximate surface area is 106 Å². The fourth-order valence-corrected chi connectivity index (χ4v) is 1.85. The summed E-state index contributed by atoms with van der Waals surface area (Å²) in [5.41, 5.74) is 1.16. The van der Waals surface area contributed by atoms with Crippen molar-refractivity contribution in [2.45, 2.75) is 20.3 Å². The summed E-state index contributed by atoms with van der Waals surface area (Å²) in [6, 6.07) is 1.66. The van der Waals surface area contributed by atoms with Crippen molar-refractivity contribution >= 4 is 17.5 Å². The van der Waals surface area contributed by atoms with E-state index in [0.29, 0.717) is 23.7 Å². The van der Waals surface area contributed by atoms with Crippen molar-refractivity contribution in [2.75, 3.05) is 19.7 Å². The van der Waals surface area contributed by atoms with Gasteiger partial charge in [-0.25, -0.2) is 0 Å². The number of carbonyl (C=O) groups excluding carboxylic acids is 1. The van der Waals surface area contributed by atoms with E-state index in [1.807, 2.05) is 13.8 Å². The monoisotopic (exact) mass is 256 g/mol. The van der Waals surface area contributed by atoms with Crippen LogP contribution >= 0.6 is 11.6 Å². The summed E-state index contributed by atoms with van der Waals surface area (Å²) in [4.78, 5) is 17.8. The molecule has 1 rings (SSSR count). The first kappa shape index (κ1) is 13.9. The second-order valence-electron chi connectivity index (χ2n) is 3.82. The van der Waals surface area contributed by atoms with E-state index >= 15 is 0 Å². The molecule has 0 aliphatic heterocycles. The molecule has 0 aromatic carbocycles. The molecule has 0 fully saturated rings. The lowest BCUT2D eigenvalue weighted by Gasteiger charge is -2.21. The molecule has 0 unspecified atom stereocenters. The number of rotatable bonds is 5. The quantitative estimate of drug-likeness (QED) is 0.875. The van der Waals surface area contributed by atoms with E-state index in [1.165, 1.54) is 6.20 Å². The maximum atomic E-state index is 12.1. The van der Waals surface area contributed by atoms with Crippen LogP contribution in [0, 0.1) is 6.92 Å². The van der Waals surface area contributed by atoms with E-state index in [4.69, 9.17) is 16.7 Å². The van der Waals surface area contributed by atoms with Gasteiger partial charge in [0.2, 0.25) is 0 Å². The normalized spacial score (nSPS) is 10.4. The second kappa shape index (κ2) is 6.57. The fourth-order valence-electron chi connectivity index (χ4n) is 1.56. The van der Waals surface area contributed by atoms with E-state index in [1.54, 1.807) is 11.0 Å². The molecule has 1 aromatic rings. The van der Waals surface area contributed by atoms with E-state index in [9.17, 15) is 4.79 Å². The molecule has 0 aliphatic carbocycles. The van der Waals surface area contributed by atoms with Crippen LogP contribution in [0.5, 0.6) is 0 Å². The molecule has 4 nitrogen and oxygen atoms in total. The van der Waals surface area contributed by atoms with Gasteiger partial charge in [0.25, 0.3) is 5.91 Å². The Bertz CT molecular complexity index is 390. The van der Waals surface area contributed by atoms with Crippen LogP contribution < -0.4 is 0 Å². The number of aliphatic hydroxyl groups is 1. The first-order valence-electron chi connectivity index (χ1n) is 5.62. The Hall–Kier alpha value is -1.13. The highest BCUT2D eigenvalue weighted by molar-refractivity contribution is 6.33.